The Balaban J connectivity index is 0.911. The number of aryl methyl sites for hydroxylation is 1. The molecule has 4 heterocycles. The van der Waals surface area contributed by atoms with Gasteiger partial charge in [-0.15, -0.1) is 0 Å². The van der Waals surface area contributed by atoms with Gasteiger partial charge in [0.05, 0.1) is 30.0 Å². The lowest BCUT2D eigenvalue weighted by Crippen LogP contribution is -2.59. The van der Waals surface area contributed by atoms with Crippen molar-refractivity contribution in [2.75, 3.05) is 37.7 Å². The monoisotopic (exact) mass is 702 g/mol. The molecule has 0 aliphatic carbocycles. The molecule has 8 rings (SSSR count). The summed E-state index contributed by atoms with van der Waals surface area (Å²) >= 11 is 0. The maximum Gasteiger partial charge on any atom is 0.412 e. The minimum absolute atomic E-state index is 0.0366. The SMILES string of the molecule is O=C(O)N(c1cc(CCCCOc2ccc(CNC[C@H](O)c3ccc(O)c4[nH]c(=O)ccc34)cc2)ccc1-c1ccccc1)C1CN2CCC1CC2. The number of pyridine rings is 1. The average molecular weight is 703 g/mol. The molecule has 0 spiro atoms. The average Bonchev–Trinajstić information content (AvgIpc) is 3.16. The quantitative estimate of drug-likeness (QED) is 0.0806. The molecule has 52 heavy (non-hydrogen) atoms. The number of nitrogens with one attached hydrogen (secondary N) is 2. The van der Waals surface area contributed by atoms with Crippen molar-refractivity contribution < 1.29 is 24.9 Å². The molecule has 2 bridgehead atoms. The van der Waals surface area contributed by atoms with E-state index in [1.165, 1.54) is 12.1 Å². The number of amides is 1. The molecule has 5 aromatic rings. The van der Waals surface area contributed by atoms with Crippen molar-refractivity contribution in [2.24, 2.45) is 5.92 Å². The van der Waals surface area contributed by atoms with Crippen LogP contribution in [0.2, 0.25) is 0 Å². The van der Waals surface area contributed by atoms with Crippen molar-refractivity contribution in [1.29, 1.82) is 0 Å². The highest BCUT2D eigenvalue weighted by molar-refractivity contribution is 5.94. The first-order chi connectivity index (χ1) is 25.3. The van der Waals surface area contributed by atoms with E-state index in [9.17, 15) is 24.9 Å². The van der Waals surface area contributed by atoms with E-state index in [0.29, 0.717) is 42.1 Å². The number of ether oxygens (including phenoxy) is 1. The summed E-state index contributed by atoms with van der Waals surface area (Å²) in [5, 5.41) is 35.4. The Morgan fingerprint density at radius 1 is 0.942 bits per heavy atom. The summed E-state index contributed by atoms with van der Waals surface area (Å²) < 4.78 is 6.04. The number of H-pyrrole nitrogens is 1. The maximum absolute atomic E-state index is 12.9. The Labute approximate surface area is 303 Å². The number of aromatic hydroxyl groups is 1. The highest BCUT2D eigenvalue weighted by Crippen LogP contribution is 2.39. The van der Waals surface area contributed by atoms with Gasteiger partial charge in [0.2, 0.25) is 5.56 Å². The zero-order valence-electron chi connectivity index (χ0n) is 29.2. The Kier molecular flexibility index (Phi) is 10.9. The number of rotatable bonds is 14. The predicted octanol–water partition coefficient (Wildman–Crippen LogP) is 6.70. The van der Waals surface area contributed by atoms with Crippen molar-refractivity contribution in [1.82, 2.24) is 15.2 Å². The van der Waals surface area contributed by atoms with E-state index in [4.69, 9.17) is 4.74 Å². The van der Waals surface area contributed by atoms with Crippen molar-refractivity contribution in [3.8, 4) is 22.6 Å². The summed E-state index contributed by atoms with van der Waals surface area (Å²) in [5.74, 6) is 1.14. The van der Waals surface area contributed by atoms with Crippen LogP contribution in [0.3, 0.4) is 0 Å². The number of aromatic amines is 1. The van der Waals surface area contributed by atoms with Gasteiger partial charge >= 0.3 is 6.09 Å². The van der Waals surface area contributed by atoms with Gasteiger partial charge in [-0.2, -0.15) is 0 Å². The fourth-order valence-corrected chi connectivity index (χ4v) is 7.78. The second-order valence-corrected chi connectivity index (χ2v) is 14.0. The number of aliphatic hydroxyl groups is 1. The molecule has 0 saturated carbocycles. The zero-order chi connectivity index (χ0) is 36.0. The van der Waals surface area contributed by atoms with E-state index in [1.54, 1.807) is 17.0 Å². The van der Waals surface area contributed by atoms with E-state index < -0.39 is 12.2 Å². The van der Waals surface area contributed by atoms with E-state index in [-0.39, 0.29) is 17.4 Å². The minimum Gasteiger partial charge on any atom is -0.506 e. The molecule has 3 aliphatic heterocycles. The molecule has 270 valence electrons. The highest BCUT2D eigenvalue weighted by Gasteiger charge is 2.40. The Morgan fingerprint density at radius 3 is 2.44 bits per heavy atom. The molecule has 1 unspecified atom stereocenters. The third-order valence-electron chi connectivity index (χ3n) is 10.6. The van der Waals surface area contributed by atoms with Gasteiger partial charge in [-0.3, -0.25) is 9.69 Å². The molecule has 1 aromatic heterocycles. The Hall–Kier alpha value is -5.16. The predicted molar refractivity (Wildman–Crippen MR) is 203 cm³/mol. The molecule has 4 aromatic carbocycles. The van der Waals surface area contributed by atoms with Gasteiger partial charge in [0.25, 0.3) is 0 Å². The van der Waals surface area contributed by atoms with Gasteiger partial charge in [-0.25, -0.2) is 4.79 Å². The number of benzene rings is 4. The van der Waals surface area contributed by atoms with Gasteiger partial charge in [0, 0.05) is 36.7 Å². The number of nitrogens with zero attached hydrogens (tertiary/aromatic N) is 2. The summed E-state index contributed by atoms with van der Waals surface area (Å²) in [6, 6.07) is 30.4. The number of carboxylic acid groups (broad SMARTS) is 1. The molecule has 10 heteroatoms. The summed E-state index contributed by atoms with van der Waals surface area (Å²) in [6.45, 7) is 4.32. The Morgan fingerprint density at radius 2 is 1.71 bits per heavy atom. The lowest BCUT2D eigenvalue weighted by Gasteiger charge is -2.48. The second kappa shape index (κ2) is 16.0. The number of unbranched alkanes of at least 4 members (excludes halogenated alkanes) is 1. The molecule has 3 fully saturated rings. The number of phenols is 1. The number of aromatic nitrogens is 1. The number of hydrogen-bond donors (Lipinski definition) is 5. The Bertz CT molecular complexity index is 2040. The summed E-state index contributed by atoms with van der Waals surface area (Å²) in [5.41, 5.74) is 5.54. The van der Waals surface area contributed by atoms with Crippen LogP contribution in [0.4, 0.5) is 10.5 Å². The summed E-state index contributed by atoms with van der Waals surface area (Å²) in [4.78, 5) is 31.3. The van der Waals surface area contributed by atoms with Gasteiger partial charge in [-0.1, -0.05) is 60.7 Å². The van der Waals surface area contributed by atoms with Crippen molar-refractivity contribution in [2.45, 2.75) is 50.8 Å². The fourth-order valence-electron chi connectivity index (χ4n) is 7.78. The number of fused-ring (bicyclic) bond motifs is 4. The number of carbonyl (C=O) groups is 1. The lowest BCUT2D eigenvalue weighted by molar-refractivity contribution is 0.0837. The van der Waals surface area contributed by atoms with Crippen LogP contribution in [0, 0.1) is 5.92 Å². The molecule has 3 aliphatic rings. The smallest absolute Gasteiger partial charge is 0.412 e. The van der Waals surface area contributed by atoms with Crippen LogP contribution in [-0.4, -0.2) is 70.1 Å². The molecule has 0 radical (unpaired) electrons. The zero-order valence-corrected chi connectivity index (χ0v) is 29.2. The third kappa shape index (κ3) is 7.99. The third-order valence-corrected chi connectivity index (χ3v) is 10.6. The van der Waals surface area contributed by atoms with Crippen molar-refractivity contribution in [3.05, 3.63) is 124 Å². The van der Waals surface area contributed by atoms with E-state index >= 15 is 0 Å². The lowest BCUT2D eigenvalue weighted by atomic mass is 9.82. The van der Waals surface area contributed by atoms with Crippen molar-refractivity contribution >= 4 is 22.7 Å². The van der Waals surface area contributed by atoms with E-state index in [2.05, 4.69) is 33.4 Å². The summed E-state index contributed by atoms with van der Waals surface area (Å²) in [6.07, 6.45) is 2.98. The molecule has 5 N–H and O–H groups in total. The number of anilines is 1. The normalized spacial score (nSPS) is 18.7. The number of aliphatic hydroxyl groups excluding tert-OH is 1. The fraction of sp³-hybridized carbons (Fsp3) is 0.333. The maximum atomic E-state index is 12.9. The van der Waals surface area contributed by atoms with Crippen LogP contribution in [0.25, 0.3) is 22.0 Å². The second-order valence-electron chi connectivity index (χ2n) is 14.0. The van der Waals surface area contributed by atoms with Crippen LogP contribution < -0.4 is 20.5 Å². The molecule has 10 nitrogen and oxygen atoms in total. The van der Waals surface area contributed by atoms with Gasteiger partial charge in [0.1, 0.15) is 11.5 Å². The topological polar surface area (TPSA) is 138 Å². The molecule has 2 atom stereocenters. The van der Waals surface area contributed by atoms with E-state index in [0.717, 1.165) is 85.4 Å². The van der Waals surface area contributed by atoms with E-state index in [1.807, 2.05) is 54.6 Å². The molecule has 3 saturated heterocycles. The van der Waals surface area contributed by atoms with Gasteiger partial charge < -0.3 is 35.3 Å². The number of phenolic OH excluding ortho intramolecular Hbond substituents is 1. The van der Waals surface area contributed by atoms with Crippen LogP contribution in [0.15, 0.2) is 102 Å². The highest BCUT2D eigenvalue weighted by atomic mass is 16.5. The largest absolute Gasteiger partial charge is 0.506 e. The molecular weight excluding hydrogens is 656 g/mol. The number of hydrogen-bond acceptors (Lipinski definition) is 7. The van der Waals surface area contributed by atoms with Gasteiger partial charge in [-0.05, 0) is 104 Å². The van der Waals surface area contributed by atoms with Crippen LogP contribution >= 0.6 is 0 Å². The summed E-state index contributed by atoms with van der Waals surface area (Å²) in [7, 11) is 0. The van der Waals surface area contributed by atoms with Crippen LogP contribution in [0.1, 0.15) is 48.5 Å². The number of piperidine rings is 3. The first-order valence-electron chi connectivity index (χ1n) is 18.2. The first kappa shape index (κ1) is 35.3. The van der Waals surface area contributed by atoms with Crippen LogP contribution in [-0.2, 0) is 13.0 Å². The first-order valence-corrected chi connectivity index (χ1v) is 18.2. The van der Waals surface area contributed by atoms with Crippen molar-refractivity contribution in [3.63, 3.8) is 0 Å². The molecular formula is C42H46N4O6. The van der Waals surface area contributed by atoms with Crippen LogP contribution in [0.5, 0.6) is 11.5 Å². The minimum atomic E-state index is -0.886. The molecule has 1 amide bonds. The van der Waals surface area contributed by atoms with Gasteiger partial charge in [0.15, 0.2) is 0 Å². The standard InChI is InChI=1S/C42H46N4O6/c47-38-17-15-34(35-16-18-40(49)44-41(35)38)39(48)26-43-25-29-9-12-32(13-10-29)52-23-5-4-6-28-11-14-33(30-7-2-1-3-8-30)36(24-28)46(42(50)51)37-27-45-21-19-31(37)20-22-45/h1-3,7-18,24,31,37,39,43,47-48H,4-6,19-23,25-27H2,(H,44,49)(H,50,51)/t37?,39-/m0/s1.